The van der Waals surface area contributed by atoms with Crippen molar-refractivity contribution in [2.75, 3.05) is 25.5 Å². The summed E-state index contributed by atoms with van der Waals surface area (Å²) < 4.78 is 15.3. The number of hydrogen-bond donors (Lipinski definition) is 0. The molecule has 0 N–H and O–H groups in total. The highest BCUT2D eigenvalue weighted by molar-refractivity contribution is 5.92. The summed E-state index contributed by atoms with van der Waals surface area (Å²) >= 11 is 0. The van der Waals surface area contributed by atoms with Crippen LogP contribution in [-0.4, -0.2) is 51.0 Å². The Morgan fingerprint density at radius 2 is 2.18 bits per heavy atom. The van der Waals surface area contributed by atoms with Crippen LogP contribution in [0.2, 0.25) is 0 Å². The number of aromatic nitrogens is 4. The third-order valence-electron chi connectivity index (χ3n) is 4.89. The number of halogens is 1. The van der Waals surface area contributed by atoms with Crippen LogP contribution in [0.1, 0.15) is 30.0 Å². The Bertz CT molecular complexity index is 1040. The highest BCUT2D eigenvalue weighted by Gasteiger charge is 2.28. The van der Waals surface area contributed by atoms with Gasteiger partial charge in [-0.25, -0.2) is 13.9 Å². The van der Waals surface area contributed by atoms with E-state index in [4.69, 9.17) is 4.98 Å². The molecule has 1 atom stereocenters. The van der Waals surface area contributed by atoms with E-state index in [1.165, 1.54) is 23.2 Å². The molecule has 4 heterocycles. The second-order valence-corrected chi connectivity index (χ2v) is 7.01. The van der Waals surface area contributed by atoms with Gasteiger partial charge in [0.1, 0.15) is 11.6 Å². The normalized spacial score (nSPS) is 17.0. The summed E-state index contributed by atoms with van der Waals surface area (Å²) in [5.74, 6) is 0.364. The van der Waals surface area contributed by atoms with Gasteiger partial charge in [0.2, 0.25) is 5.91 Å². The maximum absolute atomic E-state index is 13.6. The molecule has 28 heavy (non-hydrogen) atoms. The molecule has 0 bridgehead atoms. The van der Waals surface area contributed by atoms with Crippen molar-refractivity contribution in [2.24, 2.45) is 0 Å². The third kappa shape index (κ3) is 3.45. The number of likely N-dealkylation sites (N-methyl/N-ethyl adjacent to an activating group) is 1. The summed E-state index contributed by atoms with van der Waals surface area (Å²) in [6.45, 7) is 0.836. The Labute approximate surface area is 162 Å². The molecule has 4 rings (SSSR count). The average molecular weight is 380 g/mol. The van der Waals surface area contributed by atoms with E-state index in [1.54, 1.807) is 37.1 Å². The zero-order chi connectivity index (χ0) is 19.7. The molecule has 0 radical (unpaired) electrons. The van der Waals surface area contributed by atoms with Crippen molar-refractivity contribution in [3.63, 3.8) is 0 Å². The molecule has 0 aromatic carbocycles. The molecular formula is C20H21FN6O. The third-order valence-corrected chi connectivity index (χ3v) is 4.89. The van der Waals surface area contributed by atoms with Crippen molar-refractivity contribution in [1.29, 1.82) is 0 Å². The minimum absolute atomic E-state index is 0.0374. The van der Waals surface area contributed by atoms with Gasteiger partial charge in [-0.15, -0.1) is 0 Å². The van der Waals surface area contributed by atoms with Crippen LogP contribution in [0, 0.1) is 5.82 Å². The number of carbonyl (C=O) groups excluding carboxylic acids is 1. The number of pyridine rings is 1. The van der Waals surface area contributed by atoms with E-state index in [0.717, 1.165) is 36.3 Å². The Morgan fingerprint density at radius 1 is 1.32 bits per heavy atom. The van der Waals surface area contributed by atoms with Crippen LogP contribution in [-0.2, 0) is 4.79 Å². The molecule has 0 aliphatic carbocycles. The lowest BCUT2D eigenvalue weighted by atomic mass is 10.1. The lowest BCUT2D eigenvalue weighted by Crippen LogP contribution is -2.24. The van der Waals surface area contributed by atoms with Crippen LogP contribution in [0.3, 0.4) is 0 Å². The zero-order valence-electron chi connectivity index (χ0n) is 15.8. The number of carbonyl (C=O) groups is 1. The molecule has 1 saturated heterocycles. The van der Waals surface area contributed by atoms with Crippen LogP contribution in [0.25, 0.3) is 11.7 Å². The first-order valence-corrected chi connectivity index (χ1v) is 9.14. The lowest BCUT2D eigenvalue weighted by Gasteiger charge is -2.26. The summed E-state index contributed by atoms with van der Waals surface area (Å²) in [4.78, 5) is 24.3. The molecule has 7 nitrogen and oxygen atoms in total. The molecule has 1 aliphatic heterocycles. The van der Waals surface area contributed by atoms with Gasteiger partial charge >= 0.3 is 0 Å². The number of nitrogens with zero attached hydrogens (tertiary/aromatic N) is 6. The van der Waals surface area contributed by atoms with Gasteiger partial charge in [-0.05, 0) is 36.6 Å². The number of hydrogen-bond acceptors (Lipinski definition) is 5. The van der Waals surface area contributed by atoms with Gasteiger partial charge in [0.25, 0.3) is 0 Å². The van der Waals surface area contributed by atoms with E-state index in [9.17, 15) is 9.18 Å². The van der Waals surface area contributed by atoms with E-state index in [2.05, 4.69) is 15.0 Å². The lowest BCUT2D eigenvalue weighted by molar-refractivity contribution is -0.123. The van der Waals surface area contributed by atoms with E-state index >= 15 is 0 Å². The summed E-state index contributed by atoms with van der Waals surface area (Å²) in [5, 5.41) is 4.30. The van der Waals surface area contributed by atoms with Gasteiger partial charge in [0, 0.05) is 44.7 Å². The number of rotatable bonds is 4. The molecule has 0 saturated carbocycles. The van der Waals surface area contributed by atoms with Crippen LogP contribution >= 0.6 is 0 Å². The standard InChI is InChI=1S/C20H21FN6O/c1-25(2)19(28)6-5-14-12-23-27-9-7-18(24-20(14)27)26-8-3-4-17(26)15-10-16(21)13-22-11-15/h5-7,9-13,17H,3-4,8H2,1-2H3/b6-5+. The smallest absolute Gasteiger partial charge is 0.246 e. The maximum Gasteiger partial charge on any atom is 0.246 e. The Kier molecular flexibility index (Phi) is 4.77. The summed E-state index contributed by atoms with van der Waals surface area (Å²) in [5.41, 5.74) is 2.29. The number of fused-ring (bicyclic) bond motifs is 1. The van der Waals surface area contributed by atoms with Crippen LogP contribution in [0.5, 0.6) is 0 Å². The van der Waals surface area contributed by atoms with E-state index < -0.39 is 0 Å². The zero-order valence-corrected chi connectivity index (χ0v) is 15.8. The van der Waals surface area contributed by atoms with Crippen molar-refractivity contribution in [2.45, 2.75) is 18.9 Å². The Morgan fingerprint density at radius 3 is 2.96 bits per heavy atom. The van der Waals surface area contributed by atoms with Crippen molar-refractivity contribution in [3.05, 3.63) is 59.9 Å². The highest BCUT2D eigenvalue weighted by atomic mass is 19.1. The SMILES string of the molecule is CN(C)C(=O)/C=C/c1cnn2ccc(N3CCCC3c3cncc(F)c3)nc12. The van der Waals surface area contributed by atoms with Crippen molar-refractivity contribution < 1.29 is 9.18 Å². The van der Waals surface area contributed by atoms with Crippen LogP contribution in [0.4, 0.5) is 10.2 Å². The quantitative estimate of drug-likeness (QED) is 0.651. The molecular weight excluding hydrogens is 359 g/mol. The van der Waals surface area contributed by atoms with Crippen molar-refractivity contribution in [3.8, 4) is 0 Å². The van der Waals surface area contributed by atoms with E-state index in [0.29, 0.717) is 5.65 Å². The van der Waals surface area contributed by atoms with Crippen molar-refractivity contribution >= 4 is 23.4 Å². The van der Waals surface area contributed by atoms with Crippen LogP contribution < -0.4 is 4.90 Å². The van der Waals surface area contributed by atoms with Crippen LogP contribution in [0.15, 0.2) is 43.0 Å². The largest absolute Gasteiger partial charge is 0.349 e. The topological polar surface area (TPSA) is 66.6 Å². The minimum atomic E-state index is -0.332. The summed E-state index contributed by atoms with van der Waals surface area (Å²) in [6, 6.07) is 3.48. The fourth-order valence-electron chi connectivity index (χ4n) is 3.46. The van der Waals surface area contributed by atoms with E-state index in [-0.39, 0.29) is 17.8 Å². The fraction of sp³-hybridized carbons (Fsp3) is 0.300. The predicted molar refractivity (Wildman–Crippen MR) is 104 cm³/mol. The first kappa shape index (κ1) is 18.1. The first-order valence-electron chi connectivity index (χ1n) is 9.14. The highest BCUT2D eigenvalue weighted by Crippen LogP contribution is 2.35. The first-order chi connectivity index (χ1) is 13.5. The predicted octanol–water partition coefficient (Wildman–Crippen LogP) is 2.71. The second-order valence-electron chi connectivity index (χ2n) is 7.01. The average Bonchev–Trinajstić information content (AvgIpc) is 3.32. The van der Waals surface area contributed by atoms with Gasteiger partial charge < -0.3 is 9.80 Å². The Balaban J connectivity index is 1.67. The summed E-state index contributed by atoms with van der Waals surface area (Å²) in [7, 11) is 3.40. The molecule has 1 aliphatic rings. The maximum atomic E-state index is 13.6. The van der Waals surface area contributed by atoms with Gasteiger partial charge in [-0.1, -0.05) is 0 Å². The molecule has 1 unspecified atom stereocenters. The molecule has 3 aromatic heterocycles. The van der Waals surface area contributed by atoms with Crippen molar-refractivity contribution in [1.82, 2.24) is 24.5 Å². The van der Waals surface area contributed by atoms with Gasteiger partial charge in [-0.2, -0.15) is 5.10 Å². The fourth-order valence-corrected chi connectivity index (χ4v) is 3.46. The molecule has 1 fully saturated rings. The minimum Gasteiger partial charge on any atom is -0.349 e. The van der Waals surface area contributed by atoms with Gasteiger partial charge in [0.05, 0.1) is 18.4 Å². The van der Waals surface area contributed by atoms with Gasteiger partial charge in [-0.3, -0.25) is 9.78 Å². The monoisotopic (exact) mass is 380 g/mol. The summed E-state index contributed by atoms with van der Waals surface area (Å²) in [6.07, 6.45) is 11.6. The molecule has 3 aromatic rings. The molecule has 0 spiro atoms. The van der Waals surface area contributed by atoms with Gasteiger partial charge in [0.15, 0.2) is 5.65 Å². The van der Waals surface area contributed by atoms with E-state index in [1.807, 2.05) is 12.3 Å². The molecule has 8 heteroatoms. The number of anilines is 1. The second kappa shape index (κ2) is 7.38. The molecule has 144 valence electrons. The number of amides is 1. The molecule has 1 amide bonds. The Hall–Kier alpha value is -3.29.